The number of allylic oxidation sites excluding steroid dienone is 2. The number of rotatable bonds is 3. The molecule has 20 heavy (non-hydrogen) atoms. The summed E-state index contributed by atoms with van der Waals surface area (Å²) in [5.41, 5.74) is 1.67. The fraction of sp³-hybridized carbons (Fsp3) is 0.267. The average molecular weight is 263 g/mol. The molecule has 1 aromatic carbocycles. The van der Waals surface area contributed by atoms with Gasteiger partial charge in [0.25, 0.3) is 0 Å². The SMILES string of the molecule is CN1C(C#N)=C(C#N)N(CCC#N)C1c1ccccc1. The number of hydrogen-bond donors (Lipinski definition) is 0. The van der Waals surface area contributed by atoms with E-state index in [9.17, 15) is 10.5 Å². The Balaban J connectivity index is 2.45. The molecule has 1 atom stereocenters. The van der Waals surface area contributed by atoms with E-state index in [4.69, 9.17) is 5.26 Å². The highest BCUT2D eigenvalue weighted by molar-refractivity contribution is 5.41. The summed E-state index contributed by atoms with van der Waals surface area (Å²) in [5, 5.41) is 27.3. The summed E-state index contributed by atoms with van der Waals surface area (Å²) in [6.45, 7) is 0.425. The zero-order valence-corrected chi connectivity index (χ0v) is 11.1. The van der Waals surface area contributed by atoms with Gasteiger partial charge < -0.3 is 9.80 Å². The molecule has 0 bridgehead atoms. The zero-order chi connectivity index (χ0) is 14.5. The highest BCUT2D eigenvalue weighted by atomic mass is 15.4. The average Bonchev–Trinajstić information content (AvgIpc) is 2.76. The van der Waals surface area contributed by atoms with Crippen molar-refractivity contribution in [3.63, 3.8) is 0 Å². The van der Waals surface area contributed by atoms with Gasteiger partial charge in [0, 0.05) is 13.6 Å². The minimum atomic E-state index is -0.214. The summed E-state index contributed by atoms with van der Waals surface area (Å²) in [6, 6.07) is 15.9. The van der Waals surface area contributed by atoms with E-state index in [0.29, 0.717) is 24.4 Å². The Morgan fingerprint density at radius 3 is 2.25 bits per heavy atom. The first-order valence-electron chi connectivity index (χ1n) is 6.20. The van der Waals surface area contributed by atoms with Gasteiger partial charge in [0.2, 0.25) is 0 Å². The number of hydrogen-bond acceptors (Lipinski definition) is 5. The lowest BCUT2D eigenvalue weighted by atomic mass is 10.1. The van der Waals surface area contributed by atoms with Crippen molar-refractivity contribution in [2.24, 2.45) is 0 Å². The first kappa shape index (κ1) is 13.5. The van der Waals surface area contributed by atoms with Gasteiger partial charge in [0.05, 0.1) is 12.5 Å². The molecule has 0 spiro atoms. The van der Waals surface area contributed by atoms with Crippen LogP contribution in [-0.2, 0) is 0 Å². The Morgan fingerprint density at radius 2 is 1.70 bits per heavy atom. The summed E-state index contributed by atoms with van der Waals surface area (Å²) in [6.07, 6.45) is 0.0926. The molecule has 1 aliphatic rings. The molecule has 5 heteroatoms. The first-order chi connectivity index (χ1) is 9.74. The summed E-state index contributed by atoms with van der Waals surface area (Å²) in [5.74, 6) is 0. The third-order valence-electron chi connectivity index (χ3n) is 3.30. The third-order valence-corrected chi connectivity index (χ3v) is 3.30. The van der Waals surface area contributed by atoms with Gasteiger partial charge in [0.15, 0.2) is 11.4 Å². The van der Waals surface area contributed by atoms with E-state index < -0.39 is 0 Å². The van der Waals surface area contributed by atoms with E-state index >= 15 is 0 Å². The maximum Gasteiger partial charge on any atom is 0.152 e. The van der Waals surface area contributed by atoms with E-state index in [-0.39, 0.29) is 6.17 Å². The van der Waals surface area contributed by atoms with E-state index in [1.54, 1.807) is 11.9 Å². The Hall–Kier alpha value is -2.97. The second-order valence-corrected chi connectivity index (χ2v) is 4.42. The van der Waals surface area contributed by atoms with Gasteiger partial charge in [-0.25, -0.2) is 0 Å². The Labute approximate surface area is 118 Å². The van der Waals surface area contributed by atoms with Crippen LogP contribution in [0.1, 0.15) is 18.2 Å². The van der Waals surface area contributed by atoms with E-state index in [2.05, 4.69) is 18.2 Å². The van der Waals surface area contributed by atoms with Gasteiger partial charge in [-0.1, -0.05) is 30.3 Å². The molecular formula is C15H13N5. The second-order valence-electron chi connectivity index (χ2n) is 4.42. The van der Waals surface area contributed by atoms with Crippen LogP contribution in [0.3, 0.4) is 0 Å². The maximum absolute atomic E-state index is 9.31. The van der Waals surface area contributed by atoms with E-state index in [0.717, 1.165) is 5.56 Å². The lowest BCUT2D eigenvalue weighted by molar-refractivity contribution is 0.171. The molecule has 0 aliphatic carbocycles. The standard InChI is InChI=1S/C15H13N5/c1-19-13(10-17)14(11-18)20(9-5-8-16)15(19)12-6-3-2-4-7-12/h2-4,6-7,15H,5,9H2,1H3. The lowest BCUT2D eigenvalue weighted by Gasteiger charge is -2.31. The summed E-state index contributed by atoms with van der Waals surface area (Å²) in [7, 11) is 1.79. The molecule has 0 fully saturated rings. The molecule has 0 saturated carbocycles. The van der Waals surface area contributed by atoms with Crippen LogP contribution in [0.4, 0.5) is 0 Å². The van der Waals surface area contributed by atoms with Crippen molar-refractivity contribution in [2.75, 3.05) is 13.6 Å². The van der Waals surface area contributed by atoms with Gasteiger partial charge in [-0.3, -0.25) is 0 Å². The fourth-order valence-corrected chi connectivity index (χ4v) is 2.44. The van der Waals surface area contributed by atoms with E-state index in [1.807, 2.05) is 35.2 Å². The highest BCUT2D eigenvalue weighted by Gasteiger charge is 2.36. The summed E-state index contributed by atoms with van der Waals surface area (Å²) >= 11 is 0. The molecule has 5 nitrogen and oxygen atoms in total. The molecule has 0 N–H and O–H groups in total. The predicted octanol–water partition coefficient (Wildman–Crippen LogP) is 2.11. The van der Waals surface area contributed by atoms with Crippen molar-refractivity contribution < 1.29 is 0 Å². The van der Waals surface area contributed by atoms with Crippen LogP contribution >= 0.6 is 0 Å². The van der Waals surface area contributed by atoms with E-state index in [1.165, 1.54) is 0 Å². The molecule has 0 radical (unpaired) electrons. The van der Waals surface area contributed by atoms with Crippen LogP contribution in [0, 0.1) is 34.0 Å². The maximum atomic E-state index is 9.31. The summed E-state index contributed by atoms with van der Waals surface area (Å²) in [4.78, 5) is 3.60. The van der Waals surface area contributed by atoms with Crippen LogP contribution < -0.4 is 0 Å². The van der Waals surface area contributed by atoms with Gasteiger partial charge in [-0.05, 0) is 5.56 Å². The molecular weight excluding hydrogens is 250 g/mol. The van der Waals surface area contributed by atoms with Crippen molar-refractivity contribution in [1.82, 2.24) is 9.80 Å². The van der Waals surface area contributed by atoms with Crippen molar-refractivity contribution in [2.45, 2.75) is 12.6 Å². The van der Waals surface area contributed by atoms with Gasteiger partial charge in [-0.2, -0.15) is 15.8 Å². The number of nitriles is 3. The van der Waals surface area contributed by atoms with Gasteiger partial charge >= 0.3 is 0 Å². The fourth-order valence-electron chi connectivity index (χ4n) is 2.44. The van der Waals surface area contributed by atoms with Crippen LogP contribution in [0.5, 0.6) is 0 Å². The van der Waals surface area contributed by atoms with Crippen molar-refractivity contribution in [1.29, 1.82) is 15.8 Å². The van der Waals surface area contributed by atoms with Gasteiger partial charge in [0.1, 0.15) is 18.3 Å². The molecule has 0 amide bonds. The number of nitrogens with zero attached hydrogens (tertiary/aromatic N) is 5. The number of benzene rings is 1. The monoisotopic (exact) mass is 263 g/mol. The topological polar surface area (TPSA) is 77.8 Å². The third kappa shape index (κ3) is 2.16. The quantitative estimate of drug-likeness (QED) is 0.834. The summed E-state index contributed by atoms with van der Waals surface area (Å²) < 4.78 is 0. The Bertz CT molecular complexity index is 642. The predicted molar refractivity (Wildman–Crippen MR) is 72.1 cm³/mol. The molecule has 1 unspecified atom stereocenters. The van der Waals surface area contributed by atoms with Crippen LogP contribution in [0.25, 0.3) is 0 Å². The van der Waals surface area contributed by atoms with Crippen LogP contribution in [-0.4, -0.2) is 23.4 Å². The minimum absolute atomic E-state index is 0.214. The van der Waals surface area contributed by atoms with Crippen LogP contribution in [0.15, 0.2) is 41.7 Å². The molecule has 1 heterocycles. The Kier molecular flexibility index (Phi) is 3.89. The van der Waals surface area contributed by atoms with Gasteiger partial charge in [-0.15, -0.1) is 0 Å². The van der Waals surface area contributed by atoms with Crippen molar-refractivity contribution in [3.8, 4) is 18.2 Å². The molecule has 0 saturated heterocycles. The van der Waals surface area contributed by atoms with Crippen LogP contribution in [0.2, 0.25) is 0 Å². The van der Waals surface area contributed by atoms with Crippen molar-refractivity contribution in [3.05, 3.63) is 47.3 Å². The molecule has 0 aromatic heterocycles. The lowest BCUT2D eigenvalue weighted by Crippen LogP contribution is -2.31. The molecule has 98 valence electrons. The normalized spacial score (nSPS) is 17.6. The smallest absolute Gasteiger partial charge is 0.152 e. The molecule has 2 rings (SSSR count). The van der Waals surface area contributed by atoms with Crippen molar-refractivity contribution >= 4 is 0 Å². The first-order valence-corrected chi connectivity index (χ1v) is 6.20. The zero-order valence-electron chi connectivity index (χ0n) is 11.1. The Morgan fingerprint density at radius 1 is 1.05 bits per heavy atom. The molecule has 1 aromatic rings. The minimum Gasteiger partial charge on any atom is -0.339 e. The second kappa shape index (κ2) is 5.78. The largest absolute Gasteiger partial charge is 0.339 e. The molecule has 1 aliphatic heterocycles. The highest BCUT2D eigenvalue weighted by Crippen LogP contribution is 2.37.